The quantitative estimate of drug-likeness (QED) is 0.754. The van der Waals surface area contributed by atoms with Gasteiger partial charge >= 0.3 is 0 Å². The fraction of sp³-hybridized carbons (Fsp3) is 1.00. The van der Waals surface area contributed by atoms with Crippen LogP contribution >= 0.6 is 0 Å². The Hall–Kier alpha value is -0.0800. The molecule has 2 atom stereocenters. The maximum atomic E-state index is 6.02. The Labute approximate surface area is 102 Å². The molecule has 0 aromatic heterocycles. The van der Waals surface area contributed by atoms with Gasteiger partial charge in [-0.15, -0.1) is 0 Å². The van der Waals surface area contributed by atoms with Crippen LogP contribution in [0.15, 0.2) is 0 Å². The molecule has 0 bridgehead atoms. The normalized spacial score (nSPS) is 26.2. The van der Waals surface area contributed by atoms with Crippen LogP contribution in [0.3, 0.4) is 0 Å². The largest absolute Gasteiger partial charge is 0.329 e. The summed E-state index contributed by atoms with van der Waals surface area (Å²) >= 11 is 0. The van der Waals surface area contributed by atoms with Crippen molar-refractivity contribution < 1.29 is 0 Å². The maximum absolute atomic E-state index is 6.02. The average molecular weight is 226 g/mol. The molecule has 0 radical (unpaired) electrons. The Morgan fingerprint density at radius 3 is 2.56 bits per heavy atom. The standard InChI is InChI=1S/C14H30N2/c1-5-13-7-9-16(10-13)14(4,11-15)8-6-12(2)3/h12-13H,5-11,15H2,1-4H3. The molecule has 0 spiro atoms. The molecular formula is C14H30N2. The molecule has 1 saturated heterocycles. The zero-order chi connectivity index (χ0) is 12.2. The van der Waals surface area contributed by atoms with Crippen LogP contribution in [0.4, 0.5) is 0 Å². The topological polar surface area (TPSA) is 29.3 Å². The second-order valence-corrected chi connectivity index (χ2v) is 6.14. The van der Waals surface area contributed by atoms with Gasteiger partial charge in [-0.1, -0.05) is 27.2 Å². The molecule has 2 N–H and O–H groups in total. The number of nitrogens with zero attached hydrogens (tertiary/aromatic N) is 1. The van der Waals surface area contributed by atoms with E-state index in [2.05, 4.69) is 32.6 Å². The molecule has 0 aromatic rings. The molecule has 0 aliphatic carbocycles. The third kappa shape index (κ3) is 3.46. The number of nitrogens with two attached hydrogens (primary N) is 1. The van der Waals surface area contributed by atoms with Gasteiger partial charge in [0.05, 0.1) is 0 Å². The van der Waals surface area contributed by atoms with Crippen LogP contribution < -0.4 is 5.73 Å². The molecule has 96 valence electrons. The smallest absolute Gasteiger partial charge is 0.0303 e. The minimum atomic E-state index is 0.244. The lowest BCUT2D eigenvalue weighted by Gasteiger charge is -2.39. The lowest BCUT2D eigenvalue weighted by Crippen LogP contribution is -2.50. The third-order valence-electron chi connectivity index (χ3n) is 4.33. The highest BCUT2D eigenvalue weighted by Crippen LogP contribution is 2.30. The summed E-state index contributed by atoms with van der Waals surface area (Å²) < 4.78 is 0. The van der Waals surface area contributed by atoms with Gasteiger partial charge in [0.15, 0.2) is 0 Å². The van der Waals surface area contributed by atoms with Gasteiger partial charge in [-0.2, -0.15) is 0 Å². The van der Waals surface area contributed by atoms with E-state index in [-0.39, 0.29) is 5.54 Å². The Balaban J connectivity index is 2.51. The molecule has 1 aliphatic rings. The molecule has 1 rings (SSSR count). The molecule has 1 heterocycles. The van der Waals surface area contributed by atoms with Crippen molar-refractivity contribution in [3.05, 3.63) is 0 Å². The molecule has 0 amide bonds. The van der Waals surface area contributed by atoms with Gasteiger partial charge in [-0.05, 0) is 44.6 Å². The summed E-state index contributed by atoms with van der Waals surface area (Å²) in [5.74, 6) is 1.69. The summed E-state index contributed by atoms with van der Waals surface area (Å²) in [5.41, 5.74) is 6.26. The minimum absolute atomic E-state index is 0.244. The Kier molecular flexibility index (Phi) is 5.26. The van der Waals surface area contributed by atoms with Crippen molar-refractivity contribution >= 4 is 0 Å². The molecule has 2 heteroatoms. The van der Waals surface area contributed by atoms with Gasteiger partial charge in [0.25, 0.3) is 0 Å². The van der Waals surface area contributed by atoms with E-state index in [4.69, 9.17) is 5.73 Å². The summed E-state index contributed by atoms with van der Waals surface area (Å²) in [4.78, 5) is 2.64. The van der Waals surface area contributed by atoms with Crippen molar-refractivity contribution in [3.63, 3.8) is 0 Å². The first-order valence-electron chi connectivity index (χ1n) is 6.97. The summed E-state index contributed by atoms with van der Waals surface area (Å²) in [6, 6.07) is 0. The van der Waals surface area contributed by atoms with Gasteiger partial charge in [0.2, 0.25) is 0 Å². The maximum Gasteiger partial charge on any atom is 0.0303 e. The van der Waals surface area contributed by atoms with Crippen molar-refractivity contribution in [1.82, 2.24) is 4.90 Å². The van der Waals surface area contributed by atoms with Crippen LogP contribution in [0.2, 0.25) is 0 Å². The number of likely N-dealkylation sites (tertiary alicyclic amines) is 1. The summed E-state index contributed by atoms with van der Waals surface area (Å²) in [6.07, 6.45) is 5.23. The summed E-state index contributed by atoms with van der Waals surface area (Å²) in [6.45, 7) is 12.6. The predicted molar refractivity (Wildman–Crippen MR) is 71.5 cm³/mol. The van der Waals surface area contributed by atoms with E-state index < -0.39 is 0 Å². The molecule has 2 nitrogen and oxygen atoms in total. The Morgan fingerprint density at radius 2 is 2.12 bits per heavy atom. The molecule has 0 aromatic carbocycles. The van der Waals surface area contributed by atoms with Gasteiger partial charge in [-0.25, -0.2) is 0 Å². The van der Waals surface area contributed by atoms with Gasteiger partial charge in [0.1, 0.15) is 0 Å². The van der Waals surface area contributed by atoms with E-state index in [1.54, 1.807) is 0 Å². The van der Waals surface area contributed by atoms with E-state index >= 15 is 0 Å². The van der Waals surface area contributed by atoms with Crippen molar-refractivity contribution in [3.8, 4) is 0 Å². The van der Waals surface area contributed by atoms with E-state index in [0.29, 0.717) is 0 Å². The first kappa shape index (κ1) is 14.0. The lowest BCUT2D eigenvalue weighted by molar-refractivity contribution is 0.120. The van der Waals surface area contributed by atoms with Gasteiger partial charge < -0.3 is 5.73 Å². The van der Waals surface area contributed by atoms with Crippen LogP contribution in [-0.2, 0) is 0 Å². The SMILES string of the molecule is CCC1CCN(C(C)(CN)CCC(C)C)C1. The molecular weight excluding hydrogens is 196 g/mol. The minimum Gasteiger partial charge on any atom is -0.329 e. The Bertz CT molecular complexity index is 203. The predicted octanol–water partition coefficient (Wildman–Crippen LogP) is 2.87. The number of rotatable bonds is 6. The zero-order valence-corrected chi connectivity index (χ0v) is 11.6. The van der Waals surface area contributed by atoms with Crippen LogP contribution in [0.1, 0.15) is 53.4 Å². The number of hydrogen-bond donors (Lipinski definition) is 1. The second kappa shape index (κ2) is 6.02. The van der Waals surface area contributed by atoms with Gasteiger partial charge in [-0.3, -0.25) is 4.90 Å². The average Bonchev–Trinajstić information content (AvgIpc) is 2.75. The van der Waals surface area contributed by atoms with Crippen LogP contribution in [0.5, 0.6) is 0 Å². The fourth-order valence-electron chi connectivity index (χ4n) is 2.65. The fourth-order valence-corrected chi connectivity index (χ4v) is 2.65. The van der Waals surface area contributed by atoms with E-state index in [9.17, 15) is 0 Å². The van der Waals surface area contributed by atoms with Crippen LogP contribution in [0.25, 0.3) is 0 Å². The molecule has 1 aliphatic heterocycles. The van der Waals surface area contributed by atoms with Crippen molar-refractivity contribution in [2.75, 3.05) is 19.6 Å². The molecule has 2 unspecified atom stereocenters. The summed E-state index contributed by atoms with van der Waals surface area (Å²) in [7, 11) is 0. The van der Waals surface area contributed by atoms with Gasteiger partial charge in [0, 0.05) is 18.6 Å². The second-order valence-electron chi connectivity index (χ2n) is 6.14. The highest BCUT2D eigenvalue weighted by molar-refractivity contribution is 4.91. The van der Waals surface area contributed by atoms with Crippen LogP contribution in [0, 0.1) is 11.8 Å². The number of hydrogen-bond acceptors (Lipinski definition) is 2. The van der Waals surface area contributed by atoms with E-state index in [1.807, 2.05) is 0 Å². The monoisotopic (exact) mass is 226 g/mol. The first-order valence-corrected chi connectivity index (χ1v) is 6.97. The molecule has 0 saturated carbocycles. The molecule has 16 heavy (non-hydrogen) atoms. The third-order valence-corrected chi connectivity index (χ3v) is 4.33. The lowest BCUT2D eigenvalue weighted by atomic mass is 9.90. The zero-order valence-electron chi connectivity index (χ0n) is 11.6. The van der Waals surface area contributed by atoms with Crippen molar-refractivity contribution in [2.45, 2.75) is 58.9 Å². The van der Waals surface area contributed by atoms with Crippen molar-refractivity contribution in [1.29, 1.82) is 0 Å². The molecule has 1 fully saturated rings. The van der Waals surface area contributed by atoms with Crippen LogP contribution in [-0.4, -0.2) is 30.1 Å². The van der Waals surface area contributed by atoms with E-state index in [0.717, 1.165) is 18.4 Å². The summed E-state index contributed by atoms with van der Waals surface area (Å²) in [5, 5.41) is 0. The Morgan fingerprint density at radius 1 is 1.44 bits per heavy atom. The van der Waals surface area contributed by atoms with Crippen molar-refractivity contribution in [2.24, 2.45) is 17.6 Å². The highest BCUT2D eigenvalue weighted by atomic mass is 15.2. The van der Waals surface area contributed by atoms with E-state index in [1.165, 1.54) is 38.8 Å². The first-order chi connectivity index (χ1) is 7.51. The highest BCUT2D eigenvalue weighted by Gasteiger charge is 2.35.